The van der Waals surface area contributed by atoms with E-state index in [1.807, 2.05) is 19.1 Å². The van der Waals surface area contributed by atoms with Crippen molar-refractivity contribution in [2.45, 2.75) is 39.8 Å². The zero-order valence-corrected chi connectivity index (χ0v) is 13.1. The number of aryl methyl sites for hydroxylation is 1. The van der Waals surface area contributed by atoms with Crippen molar-refractivity contribution in [3.05, 3.63) is 29.3 Å². The topological polar surface area (TPSA) is 50.4 Å². The van der Waals surface area contributed by atoms with Crippen molar-refractivity contribution in [2.24, 2.45) is 5.92 Å². The maximum absolute atomic E-state index is 11.8. The van der Waals surface area contributed by atoms with E-state index in [-0.39, 0.29) is 11.9 Å². The normalized spacial score (nSPS) is 12.3. The molecule has 1 rings (SSSR count). The number of hydrogen-bond donors (Lipinski definition) is 2. The molecule has 1 aromatic carbocycles. The summed E-state index contributed by atoms with van der Waals surface area (Å²) in [7, 11) is 3.35. The Morgan fingerprint density at radius 3 is 2.55 bits per heavy atom. The van der Waals surface area contributed by atoms with Gasteiger partial charge in [0.05, 0.1) is 13.2 Å². The Bertz CT molecular complexity index is 444. The van der Waals surface area contributed by atoms with Crippen LogP contribution in [0.3, 0.4) is 0 Å². The first-order valence-electron chi connectivity index (χ1n) is 7.06. The quantitative estimate of drug-likeness (QED) is 0.804. The second-order valence-electron chi connectivity index (χ2n) is 5.48. The van der Waals surface area contributed by atoms with Crippen LogP contribution < -0.4 is 15.4 Å². The van der Waals surface area contributed by atoms with Crippen molar-refractivity contribution in [1.29, 1.82) is 0 Å². The van der Waals surface area contributed by atoms with Crippen LogP contribution in [0.15, 0.2) is 18.2 Å². The molecule has 0 aliphatic rings. The molecular weight excluding hydrogens is 252 g/mol. The van der Waals surface area contributed by atoms with Gasteiger partial charge >= 0.3 is 0 Å². The number of amides is 1. The van der Waals surface area contributed by atoms with Crippen LogP contribution in [0.25, 0.3) is 0 Å². The van der Waals surface area contributed by atoms with Gasteiger partial charge in [-0.2, -0.15) is 0 Å². The Hall–Kier alpha value is -1.55. The van der Waals surface area contributed by atoms with Crippen LogP contribution in [-0.4, -0.2) is 26.1 Å². The number of rotatable bonds is 7. The highest BCUT2D eigenvalue weighted by Crippen LogP contribution is 2.18. The first-order valence-corrected chi connectivity index (χ1v) is 7.06. The molecular formula is C16H26N2O2. The van der Waals surface area contributed by atoms with Gasteiger partial charge in [-0.15, -0.1) is 0 Å². The highest BCUT2D eigenvalue weighted by molar-refractivity contribution is 5.81. The van der Waals surface area contributed by atoms with Crippen LogP contribution >= 0.6 is 0 Å². The molecule has 1 unspecified atom stereocenters. The molecule has 0 saturated carbocycles. The molecule has 0 heterocycles. The van der Waals surface area contributed by atoms with E-state index in [2.05, 4.69) is 30.5 Å². The minimum atomic E-state index is -0.151. The molecule has 0 saturated heterocycles. The number of carbonyl (C=O) groups is 1. The SMILES string of the molecule is CNC(=O)C(CC(C)C)NCc1ccc(OC)c(C)c1. The zero-order valence-electron chi connectivity index (χ0n) is 13.1. The Morgan fingerprint density at radius 2 is 2.05 bits per heavy atom. The summed E-state index contributed by atoms with van der Waals surface area (Å²) in [6.45, 7) is 6.94. The highest BCUT2D eigenvalue weighted by atomic mass is 16.5. The van der Waals surface area contributed by atoms with Gasteiger partial charge in [-0.1, -0.05) is 26.0 Å². The molecule has 0 bridgehead atoms. The van der Waals surface area contributed by atoms with Gasteiger partial charge in [0.1, 0.15) is 5.75 Å². The molecule has 20 heavy (non-hydrogen) atoms. The summed E-state index contributed by atoms with van der Waals surface area (Å²) in [5, 5.41) is 6.04. The summed E-state index contributed by atoms with van der Waals surface area (Å²) in [5.74, 6) is 1.41. The third-order valence-electron chi connectivity index (χ3n) is 3.28. The molecule has 1 atom stereocenters. The molecule has 0 fully saturated rings. The fourth-order valence-corrected chi connectivity index (χ4v) is 2.22. The highest BCUT2D eigenvalue weighted by Gasteiger charge is 2.17. The average Bonchev–Trinajstić information content (AvgIpc) is 2.42. The number of nitrogens with one attached hydrogen (secondary N) is 2. The summed E-state index contributed by atoms with van der Waals surface area (Å²) < 4.78 is 5.25. The van der Waals surface area contributed by atoms with Crippen molar-refractivity contribution in [1.82, 2.24) is 10.6 Å². The van der Waals surface area contributed by atoms with Crippen LogP contribution in [-0.2, 0) is 11.3 Å². The third-order valence-corrected chi connectivity index (χ3v) is 3.28. The van der Waals surface area contributed by atoms with Gasteiger partial charge in [0.25, 0.3) is 0 Å². The van der Waals surface area contributed by atoms with E-state index in [0.717, 1.165) is 23.3 Å². The lowest BCUT2D eigenvalue weighted by Gasteiger charge is -2.19. The Balaban J connectivity index is 2.67. The molecule has 0 aliphatic carbocycles. The standard InChI is InChI=1S/C16H26N2O2/c1-11(2)8-14(16(19)17-4)18-10-13-6-7-15(20-5)12(3)9-13/h6-7,9,11,14,18H,8,10H2,1-5H3,(H,17,19). The second-order valence-corrected chi connectivity index (χ2v) is 5.48. The number of likely N-dealkylation sites (N-methyl/N-ethyl adjacent to an activating group) is 1. The van der Waals surface area contributed by atoms with Crippen molar-refractivity contribution >= 4 is 5.91 Å². The number of methoxy groups -OCH3 is 1. The Morgan fingerprint density at radius 1 is 1.35 bits per heavy atom. The van der Waals surface area contributed by atoms with Crippen molar-refractivity contribution < 1.29 is 9.53 Å². The molecule has 4 heteroatoms. The molecule has 1 aromatic rings. The minimum absolute atomic E-state index is 0.0453. The molecule has 112 valence electrons. The molecule has 0 spiro atoms. The smallest absolute Gasteiger partial charge is 0.236 e. The number of ether oxygens (including phenoxy) is 1. The van der Waals surface area contributed by atoms with Crippen molar-refractivity contribution in [3.63, 3.8) is 0 Å². The fraction of sp³-hybridized carbons (Fsp3) is 0.562. The van der Waals surface area contributed by atoms with E-state index in [1.54, 1.807) is 14.2 Å². The number of carbonyl (C=O) groups excluding carboxylic acids is 1. The first kappa shape index (κ1) is 16.5. The lowest BCUT2D eigenvalue weighted by Crippen LogP contribution is -2.43. The van der Waals surface area contributed by atoms with Gasteiger partial charge < -0.3 is 15.4 Å². The maximum Gasteiger partial charge on any atom is 0.236 e. The Kier molecular flexibility index (Phi) is 6.52. The van der Waals surface area contributed by atoms with Gasteiger partial charge in [0.2, 0.25) is 5.91 Å². The molecule has 0 radical (unpaired) electrons. The Labute approximate surface area is 121 Å². The van der Waals surface area contributed by atoms with E-state index in [4.69, 9.17) is 4.74 Å². The number of benzene rings is 1. The lowest BCUT2D eigenvalue weighted by molar-refractivity contribution is -0.123. The first-order chi connectivity index (χ1) is 9.47. The van der Waals surface area contributed by atoms with E-state index in [1.165, 1.54) is 0 Å². The van der Waals surface area contributed by atoms with Crippen LogP contribution in [0, 0.1) is 12.8 Å². The molecule has 1 amide bonds. The van der Waals surface area contributed by atoms with E-state index in [0.29, 0.717) is 12.5 Å². The molecule has 4 nitrogen and oxygen atoms in total. The molecule has 2 N–H and O–H groups in total. The minimum Gasteiger partial charge on any atom is -0.496 e. The van der Waals surface area contributed by atoms with Crippen LogP contribution in [0.5, 0.6) is 5.75 Å². The van der Waals surface area contributed by atoms with Gasteiger partial charge in [-0.05, 0) is 36.5 Å². The van der Waals surface area contributed by atoms with E-state index >= 15 is 0 Å². The van der Waals surface area contributed by atoms with Gasteiger partial charge in [-0.3, -0.25) is 4.79 Å². The van der Waals surface area contributed by atoms with Gasteiger partial charge in [-0.25, -0.2) is 0 Å². The number of hydrogen-bond acceptors (Lipinski definition) is 3. The fourth-order valence-electron chi connectivity index (χ4n) is 2.22. The summed E-state index contributed by atoms with van der Waals surface area (Å²) >= 11 is 0. The van der Waals surface area contributed by atoms with Crippen molar-refractivity contribution in [3.8, 4) is 5.75 Å². The lowest BCUT2D eigenvalue weighted by atomic mass is 10.0. The largest absolute Gasteiger partial charge is 0.496 e. The van der Waals surface area contributed by atoms with Crippen molar-refractivity contribution in [2.75, 3.05) is 14.2 Å². The zero-order chi connectivity index (χ0) is 15.1. The predicted molar refractivity (Wildman–Crippen MR) is 81.9 cm³/mol. The summed E-state index contributed by atoms with van der Waals surface area (Å²) in [4.78, 5) is 11.8. The van der Waals surface area contributed by atoms with Gasteiger partial charge in [0, 0.05) is 13.6 Å². The summed E-state index contributed by atoms with van der Waals surface area (Å²) in [6.07, 6.45) is 0.828. The maximum atomic E-state index is 11.8. The predicted octanol–water partition coefficient (Wildman–Crippen LogP) is 2.25. The van der Waals surface area contributed by atoms with Crippen LogP contribution in [0.1, 0.15) is 31.4 Å². The van der Waals surface area contributed by atoms with Gasteiger partial charge in [0.15, 0.2) is 0 Å². The van der Waals surface area contributed by atoms with E-state index in [9.17, 15) is 4.79 Å². The molecule has 0 aromatic heterocycles. The second kappa shape index (κ2) is 7.90. The summed E-state index contributed by atoms with van der Waals surface area (Å²) in [6, 6.07) is 5.92. The summed E-state index contributed by atoms with van der Waals surface area (Å²) in [5.41, 5.74) is 2.26. The third kappa shape index (κ3) is 4.85. The molecule has 0 aliphatic heterocycles. The average molecular weight is 278 g/mol. The van der Waals surface area contributed by atoms with Crippen LogP contribution in [0.2, 0.25) is 0 Å². The monoisotopic (exact) mass is 278 g/mol. The van der Waals surface area contributed by atoms with E-state index < -0.39 is 0 Å². The van der Waals surface area contributed by atoms with Crippen LogP contribution in [0.4, 0.5) is 0 Å².